The molecule has 1 atom stereocenters. The number of carbonyl (C=O) groups excluding carboxylic acids is 2. The Morgan fingerprint density at radius 1 is 1.32 bits per heavy atom. The lowest BCUT2D eigenvalue weighted by atomic mass is 10.1. The second-order valence-corrected chi connectivity index (χ2v) is 4.76. The molecule has 0 spiro atoms. The average molecular weight is 315 g/mol. The highest BCUT2D eigenvalue weighted by atomic mass is 19.4. The summed E-state index contributed by atoms with van der Waals surface area (Å²) >= 11 is 0. The molecule has 1 aromatic carbocycles. The molecule has 2 rings (SSSR count). The predicted molar refractivity (Wildman–Crippen MR) is 70.6 cm³/mol. The lowest BCUT2D eigenvalue weighted by Gasteiger charge is -2.32. The second kappa shape index (κ2) is 5.41. The largest absolute Gasteiger partial charge is 0.438 e. The SMILES string of the molecule is CC1=NN(C(=O)C(=O)Nc2ccccc2)[C@@](O)(C(F)(F)F)C1. The van der Waals surface area contributed by atoms with E-state index in [-0.39, 0.29) is 16.4 Å². The molecule has 0 aliphatic carbocycles. The van der Waals surface area contributed by atoms with Crippen LogP contribution in [0.25, 0.3) is 0 Å². The fourth-order valence-corrected chi connectivity index (χ4v) is 1.96. The van der Waals surface area contributed by atoms with Gasteiger partial charge in [-0.1, -0.05) is 18.2 Å². The van der Waals surface area contributed by atoms with E-state index in [1.54, 1.807) is 18.2 Å². The summed E-state index contributed by atoms with van der Waals surface area (Å²) in [6, 6.07) is 7.72. The lowest BCUT2D eigenvalue weighted by Crippen LogP contribution is -2.58. The molecule has 2 N–H and O–H groups in total. The number of nitrogens with one attached hydrogen (secondary N) is 1. The monoisotopic (exact) mass is 315 g/mol. The Balaban J connectivity index is 2.22. The van der Waals surface area contributed by atoms with E-state index in [4.69, 9.17) is 0 Å². The average Bonchev–Trinajstić information content (AvgIpc) is 2.75. The van der Waals surface area contributed by atoms with Gasteiger partial charge in [0.15, 0.2) is 0 Å². The van der Waals surface area contributed by atoms with E-state index >= 15 is 0 Å². The molecule has 0 radical (unpaired) electrons. The van der Waals surface area contributed by atoms with Crippen molar-refractivity contribution < 1.29 is 27.9 Å². The Labute approximate surface area is 123 Å². The van der Waals surface area contributed by atoms with Crippen molar-refractivity contribution in [2.75, 3.05) is 5.32 Å². The minimum absolute atomic E-state index is 0.110. The quantitative estimate of drug-likeness (QED) is 0.770. The molecule has 1 aliphatic heterocycles. The van der Waals surface area contributed by atoms with Crippen LogP contribution >= 0.6 is 0 Å². The van der Waals surface area contributed by atoms with Gasteiger partial charge in [-0.25, -0.2) is 0 Å². The molecule has 6 nitrogen and oxygen atoms in total. The molecule has 0 fully saturated rings. The number of nitrogens with zero attached hydrogens (tertiary/aromatic N) is 2. The molecule has 0 saturated heterocycles. The van der Waals surface area contributed by atoms with Crippen LogP contribution in [0.1, 0.15) is 13.3 Å². The fraction of sp³-hybridized carbons (Fsp3) is 0.308. The maximum Gasteiger partial charge on any atom is 0.438 e. The van der Waals surface area contributed by atoms with Crippen molar-refractivity contribution >= 4 is 23.2 Å². The van der Waals surface area contributed by atoms with Gasteiger partial charge in [-0.2, -0.15) is 23.3 Å². The van der Waals surface area contributed by atoms with Crippen LogP contribution in [0, 0.1) is 0 Å². The minimum Gasteiger partial charge on any atom is -0.362 e. The number of aliphatic hydroxyl groups is 1. The van der Waals surface area contributed by atoms with E-state index in [9.17, 15) is 27.9 Å². The first kappa shape index (κ1) is 16.0. The number of amides is 2. The zero-order valence-electron chi connectivity index (χ0n) is 11.4. The number of carbonyl (C=O) groups is 2. The van der Waals surface area contributed by atoms with Crippen LogP contribution in [-0.2, 0) is 9.59 Å². The highest BCUT2D eigenvalue weighted by Crippen LogP contribution is 2.40. The van der Waals surface area contributed by atoms with Gasteiger partial charge < -0.3 is 10.4 Å². The van der Waals surface area contributed by atoms with Crippen molar-refractivity contribution in [3.63, 3.8) is 0 Å². The smallest absolute Gasteiger partial charge is 0.362 e. The summed E-state index contributed by atoms with van der Waals surface area (Å²) < 4.78 is 38.9. The van der Waals surface area contributed by atoms with Gasteiger partial charge in [-0.15, -0.1) is 0 Å². The van der Waals surface area contributed by atoms with Crippen molar-refractivity contribution in [3.8, 4) is 0 Å². The zero-order chi connectivity index (χ0) is 16.5. The van der Waals surface area contributed by atoms with E-state index < -0.39 is 30.1 Å². The summed E-state index contributed by atoms with van der Waals surface area (Å²) in [6.45, 7) is 1.22. The predicted octanol–water partition coefficient (Wildman–Crippen LogP) is 1.48. The lowest BCUT2D eigenvalue weighted by molar-refractivity contribution is -0.301. The number of halogens is 3. The number of para-hydroxylation sites is 1. The molecular formula is C13H12F3N3O3. The van der Waals surface area contributed by atoms with Gasteiger partial charge in [0.1, 0.15) is 0 Å². The Kier molecular flexibility index (Phi) is 3.92. The van der Waals surface area contributed by atoms with E-state index in [2.05, 4.69) is 10.4 Å². The highest BCUT2D eigenvalue weighted by molar-refractivity contribution is 6.39. The van der Waals surface area contributed by atoms with Gasteiger partial charge in [0.05, 0.1) is 0 Å². The number of benzene rings is 1. The molecule has 118 valence electrons. The maximum absolute atomic E-state index is 13.0. The molecule has 1 aromatic rings. The maximum atomic E-state index is 13.0. The number of hydrogen-bond acceptors (Lipinski definition) is 4. The first-order valence-corrected chi connectivity index (χ1v) is 6.19. The van der Waals surface area contributed by atoms with Crippen molar-refractivity contribution in [1.82, 2.24) is 5.01 Å². The fourth-order valence-electron chi connectivity index (χ4n) is 1.96. The molecule has 9 heteroatoms. The van der Waals surface area contributed by atoms with Crippen LogP contribution < -0.4 is 5.32 Å². The van der Waals surface area contributed by atoms with Crippen molar-refractivity contribution in [2.24, 2.45) is 5.10 Å². The molecule has 22 heavy (non-hydrogen) atoms. The molecule has 0 bridgehead atoms. The summed E-state index contributed by atoms with van der Waals surface area (Å²) in [5.41, 5.74) is -3.39. The molecule has 2 amide bonds. The third-order valence-corrected chi connectivity index (χ3v) is 3.00. The second-order valence-electron chi connectivity index (χ2n) is 4.76. The van der Waals surface area contributed by atoms with E-state index in [1.165, 1.54) is 19.1 Å². The van der Waals surface area contributed by atoms with Crippen LogP contribution in [0.15, 0.2) is 35.4 Å². The number of hydrogen-bond donors (Lipinski definition) is 2. The Morgan fingerprint density at radius 3 is 2.45 bits per heavy atom. The Morgan fingerprint density at radius 2 is 1.91 bits per heavy atom. The third-order valence-electron chi connectivity index (χ3n) is 3.00. The molecule has 0 saturated carbocycles. The number of anilines is 1. The van der Waals surface area contributed by atoms with Crippen molar-refractivity contribution in [2.45, 2.75) is 25.2 Å². The van der Waals surface area contributed by atoms with Gasteiger partial charge in [0, 0.05) is 17.8 Å². The van der Waals surface area contributed by atoms with Gasteiger partial charge >= 0.3 is 18.0 Å². The Bertz CT molecular complexity index is 630. The van der Waals surface area contributed by atoms with E-state index in [1.807, 2.05) is 0 Å². The molecular weight excluding hydrogens is 303 g/mol. The molecule has 0 aromatic heterocycles. The standard InChI is InChI=1S/C13H12F3N3O3/c1-8-7-12(22,13(14,15)16)19(18-8)11(21)10(20)17-9-5-3-2-4-6-9/h2-6,22H,7H2,1H3,(H,17,20)/t12-/m0/s1. The summed E-state index contributed by atoms with van der Waals surface area (Å²) in [5, 5.41) is 15.0. The molecule has 1 aliphatic rings. The van der Waals surface area contributed by atoms with Crippen LogP contribution in [-0.4, -0.2) is 39.5 Å². The molecule has 0 unspecified atom stereocenters. The Hall–Kier alpha value is -2.42. The normalized spacial score (nSPS) is 21.5. The number of rotatable bonds is 1. The van der Waals surface area contributed by atoms with Gasteiger partial charge in [-0.05, 0) is 19.1 Å². The highest BCUT2D eigenvalue weighted by Gasteiger charge is 2.63. The van der Waals surface area contributed by atoms with Crippen LogP contribution in [0.2, 0.25) is 0 Å². The van der Waals surface area contributed by atoms with E-state index in [0.717, 1.165) is 0 Å². The van der Waals surface area contributed by atoms with Crippen molar-refractivity contribution in [3.05, 3.63) is 30.3 Å². The number of alkyl halides is 3. The summed E-state index contributed by atoms with van der Waals surface area (Å²) in [5.74, 6) is -2.92. The summed E-state index contributed by atoms with van der Waals surface area (Å²) in [7, 11) is 0. The summed E-state index contributed by atoms with van der Waals surface area (Å²) in [4.78, 5) is 23.7. The van der Waals surface area contributed by atoms with Gasteiger partial charge in [-0.3, -0.25) is 9.59 Å². The first-order valence-electron chi connectivity index (χ1n) is 6.19. The molecule has 1 heterocycles. The van der Waals surface area contributed by atoms with Crippen LogP contribution in [0.3, 0.4) is 0 Å². The summed E-state index contributed by atoms with van der Waals surface area (Å²) in [6.07, 6.45) is -6.04. The van der Waals surface area contributed by atoms with Crippen LogP contribution in [0.5, 0.6) is 0 Å². The minimum atomic E-state index is -5.14. The third kappa shape index (κ3) is 2.80. The van der Waals surface area contributed by atoms with Gasteiger partial charge in [0.2, 0.25) is 0 Å². The topological polar surface area (TPSA) is 82.0 Å². The van der Waals surface area contributed by atoms with E-state index in [0.29, 0.717) is 0 Å². The van der Waals surface area contributed by atoms with Crippen molar-refractivity contribution in [1.29, 1.82) is 0 Å². The first-order chi connectivity index (χ1) is 10.1. The van der Waals surface area contributed by atoms with Gasteiger partial charge in [0.25, 0.3) is 5.72 Å². The van der Waals surface area contributed by atoms with Crippen LogP contribution in [0.4, 0.5) is 18.9 Å². The zero-order valence-corrected chi connectivity index (χ0v) is 11.4. The number of hydrazone groups is 1.